The second-order valence-corrected chi connectivity index (χ2v) is 6.05. The first-order valence-electron chi connectivity index (χ1n) is 7.06. The Balaban J connectivity index is 1.66. The Hall–Kier alpha value is -1.15. The van der Waals surface area contributed by atoms with Crippen molar-refractivity contribution >= 4 is 17.7 Å². The van der Waals surface area contributed by atoms with E-state index < -0.39 is 0 Å². The lowest BCUT2D eigenvalue weighted by molar-refractivity contribution is -0.121. The maximum absolute atomic E-state index is 11.9. The first-order valence-corrected chi connectivity index (χ1v) is 8.04. The van der Waals surface area contributed by atoms with Gasteiger partial charge in [-0.05, 0) is 36.4 Å². The third kappa shape index (κ3) is 4.45. The van der Waals surface area contributed by atoms with Gasteiger partial charge < -0.3 is 10.2 Å². The summed E-state index contributed by atoms with van der Waals surface area (Å²) in [6.07, 6.45) is 2.75. The highest BCUT2D eigenvalue weighted by Gasteiger charge is 2.20. The van der Waals surface area contributed by atoms with Gasteiger partial charge in [0.05, 0.1) is 0 Å². The maximum Gasteiger partial charge on any atom is 0.221 e. The van der Waals surface area contributed by atoms with Gasteiger partial charge in [-0.1, -0.05) is 18.7 Å². The van der Waals surface area contributed by atoms with Crippen molar-refractivity contribution in [1.82, 2.24) is 30.4 Å². The van der Waals surface area contributed by atoms with Crippen LogP contribution in [0.25, 0.3) is 0 Å². The molecule has 20 heavy (non-hydrogen) atoms. The fourth-order valence-corrected chi connectivity index (χ4v) is 3.13. The van der Waals surface area contributed by atoms with Crippen LogP contribution in [0.3, 0.4) is 0 Å². The van der Waals surface area contributed by atoms with Crippen LogP contribution in [0, 0.1) is 0 Å². The average Bonchev–Trinajstić information content (AvgIpc) is 2.85. The number of aromatic nitrogens is 4. The summed E-state index contributed by atoms with van der Waals surface area (Å²) in [6, 6.07) is 0.303. The van der Waals surface area contributed by atoms with Crippen LogP contribution in [0.15, 0.2) is 5.16 Å². The van der Waals surface area contributed by atoms with Crippen molar-refractivity contribution in [2.75, 3.05) is 25.4 Å². The number of amides is 1. The lowest BCUT2D eigenvalue weighted by Gasteiger charge is -2.32. The molecule has 0 bridgehead atoms. The van der Waals surface area contributed by atoms with Gasteiger partial charge in [0.15, 0.2) is 0 Å². The minimum atomic E-state index is 0.121. The number of tetrazole rings is 1. The maximum atomic E-state index is 11.9. The van der Waals surface area contributed by atoms with E-state index in [9.17, 15) is 4.79 Å². The van der Waals surface area contributed by atoms with Crippen molar-refractivity contribution in [3.05, 3.63) is 0 Å². The molecule has 2 heterocycles. The van der Waals surface area contributed by atoms with Crippen molar-refractivity contribution in [3.8, 4) is 0 Å². The van der Waals surface area contributed by atoms with Gasteiger partial charge in [0.25, 0.3) is 0 Å². The van der Waals surface area contributed by atoms with Gasteiger partial charge in [0.1, 0.15) is 0 Å². The fraction of sp³-hybridized carbons (Fsp3) is 0.833. The molecule has 0 saturated carbocycles. The van der Waals surface area contributed by atoms with E-state index in [1.165, 1.54) is 11.8 Å². The smallest absolute Gasteiger partial charge is 0.221 e. The zero-order valence-electron chi connectivity index (χ0n) is 12.1. The molecule has 2 rings (SSSR count). The lowest BCUT2D eigenvalue weighted by atomic mass is 10.1. The Bertz CT molecular complexity index is 437. The van der Waals surface area contributed by atoms with Crippen LogP contribution >= 0.6 is 11.8 Å². The highest BCUT2D eigenvalue weighted by Crippen LogP contribution is 2.14. The van der Waals surface area contributed by atoms with Crippen molar-refractivity contribution in [2.24, 2.45) is 7.05 Å². The van der Waals surface area contributed by atoms with E-state index in [1.54, 1.807) is 11.7 Å². The number of likely N-dealkylation sites (N-methyl/N-ethyl adjacent to an activating group) is 1. The van der Waals surface area contributed by atoms with Crippen molar-refractivity contribution in [3.63, 3.8) is 0 Å². The summed E-state index contributed by atoms with van der Waals surface area (Å²) in [5.74, 6) is 0.820. The number of rotatable bonds is 6. The second-order valence-electron chi connectivity index (χ2n) is 4.98. The molecule has 1 saturated heterocycles. The summed E-state index contributed by atoms with van der Waals surface area (Å²) in [7, 11) is 1.80. The highest BCUT2D eigenvalue weighted by atomic mass is 32.2. The average molecular weight is 298 g/mol. The van der Waals surface area contributed by atoms with E-state index in [-0.39, 0.29) is 5.91 Å². The van der Waals surface area contributed by atoms with Gasteiger partial charge >= 0.3 is 0 Å². The molecule has 0 aromatic carbocycles. The third-order valence-corrected chi connectivity index (χ3v) is 4.47. The molecule has 0 spiro atoms. The summed E-state index contributed by atoms with van der Waals surface area (Å²) in [5, 5.41) is 15.1. The normalized spacial score (nSPS) is 20.0. The Morgan fingerprint density at radius 1 is 1.55 bits per heavy atom. The molecular weight excluding hydrogens is 276 g/mol. The zero-order chi connectivity index (χ0) is 14.4. The zero-order valence-corrected chi connectivity index (χ0v) is 12.9. The number of thioether (sulfide) groups is 1. The number of likely N-dealkylation sites (tertiary alicyclic amines) is 1. The van der Waals surface area contributed by atoms with Crippen molar-refractivity contribution in [2.45, 2.75) is 37.4 Å². The lowest BCUT2D eigenvalue weighted by Crippen LogP contribution is -2.47. The molecule has 1 fully saturated rings. The third-order valence-electron chi connectivity index (χ3n) is 3.46. The van der Waals surface area contributed by atoms with Crippen LogP contribution in [0.5, 0.6) is 0 Å². The van der Waals surface area contributed by atoms with E-state index in [0.29, 0.717) is 18.2 Å². The molecule has 1 aromatic heterocycles. The molecule has 8 heteroatoms. The quantitative estimate of drug-likeness (QED) is 0.761. The number of carbonyl (C=O) groups excluding carboxylic acids is 1. The standard InChI is InChI=1S/C12H22N6OS/c1-3-18-7-4-5-10(9-18)13-11(19)6-8-20-12-14-15-16-17(12)2/h10H,3-9H2,1-2H3,(H,13,19). The fourth-order valence-electron chi connectivity index (χ4n) is 2.34. The van der Waals surface area contributed by atoms with Crippen LogP contribution in [-0.2, 0) is 11.8 Å². The second kappa shape index (κ2) is 7.58. The predicted octanol–water partition coefficient (Wildman–Crippen LogP) is 0.293. The number of carbonyl (C=O) groups is 1. The van der Waals surface area contributed by atoms with E-state index in [4.69, 9.17) is 0 Å². The number of piperidine rings is 1. The molecule has 0 radical (unpaired) electrons. The molecular formula is C12H22N6OS. The van der Waals surface area contributed by atoms with Crippen molar-refractivity contribution in [1.29, 1.82) is 0 Å². The Kier molecular flexibility index (Phi) is 5.78. The molecule has 7 nitrogen and oxygen atoms in total. The van der Waals surface area contributed by atoms with Gasteiger partial charge in [-0.3, -0.25) is 4.79 Å². The number of aryl methyl sites for hydroxylation is 1. The number of nitrogens with zero attached hydrogens (tertiary/aromatic N) is 5. The van der Waals surface area contributed by atoms with Gasteiger partial charge in [-0.25, -0.2) is 4.68 Å². The molecule has 1 amide bonds. The Morgan fingerprint density at radius 3 is 3.10 bits per heavy atom. The van der Waals surface area contributed by atoms with E-state index in [1.807, 2.05) is 0 Å². The number of nitrogens with one attached hydrogen (secondary N) is 1. The molecule has 1 N–H and O–H groups in total. The molecule has 0 aliphatic carbocycles. The van der Waals surface area contributed by atoms with Crippen LogP contribution < -0.4 is 5.32 Å². The molecule has 1 aromatic rings. The molecule has 1 atom stereocenters. The molecule has 1 unspecified atom stereocenters. The van der Waals surface area contributed by atoms with Crippen LogP contribution in [0.2, 0.25) is 0 Å². The Morgan fingerprint density at radius 2 is 2.40 bits per heavy atom. The van der Waals surface area contributed by atoms with Crippen LogP contribution in [-0.4, -0.2) is 62.4 Å². The minimum Gasteiger partial charge on any atom is -0.352 e. The number of hydrogen-bond donors (Lipinski definition) is 1. The summed E-state index contributed by atoms with van der Waals surface area (Å²) in [4.78, 5) is 14.3. The predicted molar refractivity (Wildman–Crippen MR) is 77.4 cm³/mol. The minimum absolute atomic E-state index is 0.121. The van der Waals surface area contributed by atoms with Gasteiger partial charge in [-0.2, -0.15) is 0 Å². The SMILES string of the molecule is CCN1CCCC(NC(=O)CCSc2nnnn2C)C1. The topological polar surface area (TPSA) is 75.9 Å². The van der Waals surface area contributed by atoms with E-state index in [0.717, 1.165) is 37.6 Å². The number of hydrogen-bond acceptors (Lipinski definition) is 6. The summed E-state index contributed by atoms with van der Waals surface area (Å²) >= 11 is 1.50. The van der Waals surface area contributed by atoms with E-state index >= 15 is 0 Å². The summed E-state index contributed by atoms with van der Waals surface area (Å²) in [5.41, 5.74) is 0. The summed E-state index contributed by atoms with van der Waals surface area (Å²) in [6.45, 7) is 5.34. The highest BCUT2D eigenvalue weighted by molar-refractivity contribution is 7.99. The van der Waals surface area contributed by atoms with Gasteiger partial charge in [0.2, 0.25) is 11.1 Å². The first kappa shape index (κ1) is 15.2. The summed E-state index contributed by atoms with van der Waals surface area (Å²) < 4.78 is 1.61. The molecule has 1 aliphatic rings. The molecule has 112 valence electrons. The first-order chi connectivity index (χ1) is 9.69. The van der Waals surface area contributed by atoms with Crippen LogP contribution in [0.4, 0.5) is 0 Å². The van der Waals surface area contributed by atoms with E-state index in [2.05, 4.69) is 32.7 Å². The largest absolute Gasteiger partial charge is 0.352 e. The van der Waals surface area contributed by atoms with Gasteiger partial charge in [0, 0.05) is 31.8 Å². The van der Waals surface area contributed by atoms with Crippen molar-refractivity contribution < 1.29 is 4.79 Å². The monoisotopic (exact) mass is 298 g/mol. The Labute approximate surface area is 123 Å². The van der Waals surface area contributed by atoms with Crippen LogP contribution in [0.1, 0.15) is 26.2 Å². The molecule has 1 aliphatic heterocycles. The van der Waals surface area contributed by atoms with Gasteiger partial charge in [-0.15, -0.1) is 5.10 Å².